The number of aliphatic hydroxyl groups is 1. The van der Waals surface area contributed by atoms with Crippen molar-refractivity contribution in [3.63, 3.8) is 0 Å². The third-order valence-electron chi connectivity index (χ3n) is 12.3. The van der Waals surface area contributed by atoms with Crippen molar-refractivity contribution in [2.45, 2.75) is 264 Å². The number of carbonyl (C=O) groups excluding carboxylic acids is 1. The Kier molecular flexibility index (Phi) is 46.4. The lowest BCUT2D eigenvalue weighted by atomic mass is 10.0. The SMILES string of the molecule is CC/C=C/CC/C=C/CC/C=C/C(O)C(COP(=O)(O)OCC[N+](C)(C)C)NC(=O)CCCCCCCCCCCCCCCCCCCCCCC/C=C\CCCCCCCCCC. The highest BCUT2D eigenvalue weighted by Gasteiger charge is 2.27. The topological polar surface area (TPSA) is 105 Å². The number of aliphatic hydroxyl groups excluding tert-OH is 1. The van der Waals surface area contributed by atoms with Crippen LogP contribution in [-0.2, 0) is 18.4 Å². The molecule has 1 amide bonds. The number of rotatable bonds is 50. The van der Waals surface area contributed by atoms with Gasteiger partial charge in [-0.2, -0.15) is 0 Å². The summed E-state index contributed by atoms with van der Waals surface area (Å²) in [5.41, 5.74) is 0. The number of carbonyl (C=O) groups is 1. The van der Waals surface area contributed by atoms with Gasteiger partial charge in [0.15, 0.2) is 0 Å². The van der Waals surface area contributed by atoms with Gasteiger partial charge in [-0.1, -0.05) is 229 Å². The third kappa shape index (κ3) is 50.2. The standard InChI is InChI=1S/C56H107N2O6P/c1-6-8-10-12-14-16-18-19-20-21-22-23-24-25-26-27-28-29-30-31-32-33-34-35-36-37-38-39-40-42-44-46-48-50-56(60)57-54(53-64-65(61,62)63-52-51-58(3,4)5)55(59)49-47-45-43-41-17-15-13-11-9-7-2/h9,11,17,21-22,41,47,49,54-55,59H,6-8,10,12-16,18-20,23-40,42-46,48,50-53H2,1-5H3,(H-,57,60,61,62)/p+1/b11-9+,22-21-,41-17+,49-47+. The average molecular weight is 936 g/mol. The maximum absolute atomic E-state index is 12.9. The maximum atomic E-state index is 12.9. The van der Waals surface area contributed by atoms with Crippen molar-refractivity contribution >= 4 is 13.7 Å². The molecule has 0 fully saturated rings. The van der Waals surface area contributed by atoms with Gasteiger partial charge >= 0.3 is 7.82 Å². The highest BCUT2D eigenvalue weighted by Crippen LogP contribution is 2.43. The van der Waals surface area contributed by atoms with Crippen molar-refractivity contribution in [3.05, 3.63) is 48.6 Å². The number of nitrogens with zero attached hydrogens (tertiary/aromatic N) is 1. The van der Waals surface area contributed by atoms with Gasteiger partial charge in [0.1, 0.15) is 13.2 Å². The normalized spacial score (nSPS) is 14.4. The van der Waals surface area contributed by atoms with Gasteiger partial charge in [-0.25, -0.2) is 4.57 Å². The summed E-state index contributed by atoms with van der Waals surface area (Å²) in [4.78, 5) is 23.1. The van der Waals surface area contributed by atoms with Crippen LogP contribution in [-0.4, -0.2) is 73.4 Å². The van der Waals surface area contributed by atoms with E-state index >= 15 is 0 Å². The number of allylic oxidation sites excluding steroid dienone is 7. The first-order valence-electron chi connectivity index (χ1n) is 27.5. The second kappa shape index (κ2) is 47.5. The summed E-state index contributed by atoms with van der Waals surface area (Å²) in [7, 11) is 1.55. The van der Waals surface area contributed by atoms with E-state index in [1.54, 1.807) is 6.08 Å². The number of phosphoric ester groups is 1. The molecule has 0 aromatic carbocycles. The van der Waals surface area contributed by atoms with Crippen molar-refractivity contribution in [3.8, 4) is 0 Å². The molecular formula is C56H108N2O6P+. The Morgan fingerprint density at radius 1 is 0.523 bits per heavy atom. The molecule has 3 unspecified atom stereocenters. The van der Waals surface area contributed by atoms with Crippen molar-refractivity contribution in [2.24, 2.45) is 0 Å². The summed E-state index contributed by atoms with van der Waals surface area (Å²) in [6.45, 7) is 4.67. The molecule has 0 rings (SSSR count). The van der Waals surface area contributed by atoms with Crippen LogP contribution in [0, 0.1) is 0 Å². The lowest BCUT2D eigenvalue weighted by Gasteiger charge is -2.25. The van der Waals surface area contributed by atoms with E-state index in [-0.39, 0.29) is 19.1 Å². The maximum Gasteiger partial charge on any atom is 0.472 e. The fraction of sp³-hybridized carbons (Fsp3) is 0.839. The Labute approximate surface area is 403 Å². The molecule has 8 nitrogen and oxygen atoms in total. The number of nitrogens with one attached hydrogen (secondary N) is 1. The van der Waals surface area contributed by atoms with Crippen LogP contribution in [0.5, 0.6) is 0 Å². The van der Waals surface area contributed by atoms with Gasteiger partial charge in [-0.15, -0.1) is 0 Å². The van der Waals surface area contributed by atoms with Crippen LogP contribution in [0.1, 0.15) is 251 Å². The van der Waals surface area contributed by atoms with E-state index in [0.29, 0.717) is 17.4 Å². The summed E-state index contributed by atoms with van der Waals surface area (Å²) in [5.74, 6) is -0.191. The number of hydrogen-bond donors (Lipinski definition) is 3. The minimum absolute atomic E-state index is 0.0535. The molecule has 3 atom stereocenters. The summed E-state index contributed by atoms with van der Waals surface area (Å²) >= 11 is 0. The molecule has 0 aromatic heterocycles. The molecule has 0 spiro atoms. The number of phosphoric acid groups is 1. The van der Waals surface area contributed by atoms with Crippen LogP contribution < -0.4 is 5.32 Å². The molecule has 65 heavy (non-hydrogen) atoms. The Morgan fingerprint density at radius 3 is 1.31 bits per heavy atom. The molecule has 0 saturated carbocycles. The smallest absolute Gasteiger partial charge is 0.387 e. The van der Waals surface area contributed by atoms with Gasteiger partial charge in [0.05, 0.1) is 39.9 Å². The predicted octanol–water partition coefficient (Wildman–Crippen LogP) is 16.4. The Hall–Kier alpha value is -1.54. The Balaban J connectivity index is 3.94. The van der Waals surface area contributed by atoms with E-state index in [1.807, 2.05) is 27.2 Å². The van der Waals surface area contributed by atoms with E-state index in [4.69, 9.17) is 9.05 Å². The Morgan fingerprint density at radius 2 is 0.892 bits per heavy atom. The van der Waals surface area contributed by atoms with Crippen LogP contribution in [0.4, 0.5) is 0 Å². The second-order valence-corrected chi connectivity index (χ2v) is 21.4. The lowest BCUT2D eigenvalue weighted by Crippen LogP contribution is -2.45. The fourth-order valence-electron chi connectivity index (χ4n) is 7.96. The van der Waals surface area contributed by atoms with Gasteiger partial charge in [-0.05, 0) is 64.2 Å². The zero-order valence-corrected chi connectivity index (χ0v) is 44.4. The van der Waals surface area contributed by atoms with E-state index in [2.05, 4.69) is 55.6 Å². The molecular weight excluding hydrogens is 828 g/mol. The molecule has 0 radical (unpaired) electrons. The summed E-state index contributed by atoms with van der Waals surface area (Å²) in [6.07, 6.45) is 62.5. The van der Waals surface area contributed by atoms with Gasteiger partial charge in [0.2, 0.25) is 5.91 Å². The number of amides is 1. The molecule has 0 heterocycles. The molecule has 0 aromatic rings. The molecule has 9 heteroatoms. The van der Waals surface area contributed by atoms with Crippen molar-refractivity contribution in [2.75, 3.05) is 40.9 Å². The van der Waals surface area contributed by atoms with E-state index < -0.39 is 20.0 Å². The number of unbranched alkanes of at least 4 members (excludes halogenated alkanes) is 31. The predicted molar refractivity (Wildman–Crippen MR) is 281 cm³/mol. The second-order valence-electron chi connectivity index (χ2n) is 19.9. The monoisotopic (exact) mass is 936 g/mol. The zero-order valence-electron chi connectivity index (χ0n) is 43.5. The summed E-state index contributed by atoms with van der Waals surface area (Å²) < 4.78 is 23.5. The number of hydrogen-bond acceptors (Lipinski definition) is 5. The van der Waals surface area contributed by atoms with Crippen LogP contribution in [0.2, 0.25) is 0 Å². The highest BCUT2D eigenvalue weighted by molar-refractivity contribution is 7.47. The number of likely N-dealkylation sites (N-methyl/N-ethyl adjacent to an activating group) is 1. The fourth-order valence-corrected chi connectivity index (χ4v) is 8.70. The van der Waals surface area contributed by atoms with Crippen LogP contribution >= 0.6 is 7.82 Å². The summed E-state index contributed by atoms with van der Waals surface area (Å²) in [6, 6.07) is -0.867. The Bertz CT molecular complexity index is 1200. The molecule has 0 aliphatic rings. The number of quaternary nitrogens is 1. The zero-order chi connectivity index (χ0) is 47.8. The van der Waals surface area contributed by atoms with E-state index in [1.165, 1.54) is 180 Å². The van der Waals surface area contributed by atoms with Crippen LogP contribution in [0.3, 0.4) is 0 Å². The van der Waals surface area contributed by atoms with E-state index in [9.17, 15) is 19.4 Å². The van der Waals surface area contributed by atoms with Crippen molar-refractivity contribution in [1.82, 2.24) is 5.32 Å². The first-order valence-corrected chi connectivity index (χ1v) is 29.0. The molecule has 3 N–H and O–H groups in total. The van der Waals surface area contributed by atoms with Gasteiger partial charge < -0.3 is 19.8 Å². The van der Waals surface area contributed by atoms with Gasteiger partial charge in [0, 0.05) is 6.42 Å². The quantitative estimate of drug-likeness (QED) is 0.0243. The largest absolute Gasteiger partial charge is 0.472 e. The average Bonchev–Trinajstić information content (AvgIpc) is 3.26. The molecule has 382 valence electrons. The van der Waals surface area contributed by atoms with E-state index in [0.717, 1.165) is 51.4 Å². The van der Waals surface area contributed by atoms with Crippen LogP contribution in [0.25, 0.3) is 0 Å². The van der Waals surface area contributed by atoms with Crippen LogP contribution in [0.15, 0.2) is 48.6 Å². The van der Waals surface area contributed by atoms with Gasteiger partial charge in [-0.3, -0.25) is 13.8 Å². The van der Waals surface area contributed by atoms with Gasteiger partial charge in [0.25, 0.3) is 0 Å². The highest BCUT2D eigenvalue weighted by atomic mass is 31.2. The summed E-state index contributed by atoms with van der Waals surface area (Å²) in [5, 5.41) is 13.8. The first kappa shape index (κ1) is 63.5. The molecule has 0 aliphatic heterocycles. The van der Waals surface area contributed by atoms with Crippen molar-refractivity contribution < 1.29 is 32.9 Å². The molecule has 0 saturated heterocycles. The molecule has 0 aliphatic carbocycles. The molecule has 0 bridgehead atoms. The minimum Gasteiger partial charge on any atom is -0.387 e. The van der Waals surface area contributed by atoms with Crippen molar-refractivity contribution in [1.29, 1.82) is 0 Å². The first-order chi connectivity index (χ1) is 31.5. The minimum atomic E-state index is -4.35. The third-order valence-corrected chi connectivity index (χ3v) is 13.2. The lowest BCUT2D eigenvalue weighted by molar-refractivity contribution is -0.870.